The summed E-state index contributed by atoms with van der Waals surface area (Å²) >= 11 is 0. The Kier molecular flexibility index (Phi) is 3.16. The third-order valence-electron chi connectivity index (χ3n) is 5.14. The van der Waals surface area contributed by atoms with Crippen molar-refractivity contribution in [1.82, 2.24) is 0 Å². The number of ether oxygens (including phenoxy) is 1. The lowest BCUT2D eigenvalue weighted by Gasteiger charge is -2.49. The van der Waals surface area contributed by atoms with Crippen LogP contribution in [0, 0.1) is 0 Å². The van der Waals surface area contributed by atoms with Crippen LogP contribution in [0.5, 0.6) is 0 Å². The van der Waals surface area contributed by atoms with E-state index in [2.05, 4.69) is 24.3 Å². The van der Waals surface area contributed by atoms with E-state index in [1.807, 2.05) is 6.92 Å². The predicted octanol–water partition coefficient (Wildman–Crippen LogP) is 1.76. The fourth-order valence-electron chi connectivity index (χ4n) is 4.07. The number of hydrogen-bond donors (Lipinski definition) is 2. The molecule has 1 heterocycles. The molecule has 1 aliphatic carbocycles. The summed E-state index contributed by atoms with van der Waals surface area (Å²) in [5.74, 6) is 0. The zero-order valence-corrected chi connectivity index (χ0v) is 11.6. The van der Waals surface area contributed by atoms with Gasteiger partial charge in [0.15, 0.2) is 0 Å². The van der Waals surface area contributed by atoms with E-state index in [1.165, 1.54) is 11.1 Å². The highest BCUT2D eigenvalue weighted by Crippen LogP contribution is 2.50. The lowest BCUT2D eigenvalue weighted by Crippen LogP contribution is -2.58. The van der Waals surface area contributed by atoms with Gasteiger partial charge in [0.25, 0.3) is 0 Å². The number of hydrogen-bond acceptors (Lipinski definition) is 3. The first-order valence-corrected chi connectivity index (χ1v) is 7.24. The minimum absolute atomic E-state index is 0.106. The summed E-state index contributed by atoms with van der Waals surface area (Å²) in [4.78, 5) is 0. The molecule has 3 rings (SSSR count). The maximum atomic E-state index is 11.3. The second-order valence-corrected chi connectivity index (χ2v) is 6.11. The highest BCUT2D eigenvalue weighted by atomic mass is 16.5. The molecule has 3 heteroatoms. The van der Waals surface area contributed by atoms with Crippen molar-refractivity contribution in [3.05, 3.63) is 35.4 Å². The maximum absolute atomic E-state index is 11.3. The van der Waals surface area contributed by atoms with Crippen molar-refractivity contribution >= 4 is 0 Å². The van der Waals surface area contributed by atoms with Crippen LogP contribution in [0.15, 0.2) is 24.3 Å². The van der Waals surface area contributed by atoms with Gasteiger partial charge < -0.3 is 15.6 Å². The SMILES string of the molecule is CC1CC(O)(C2(CN)CCc3ccccc32)CCO1. The van der Waals surface area contributed by atoms with Crippen LogP contribution in [0.3, 0.4) is 0 Å². The molecule has 1 aromatic rings. The number of aryl methyl sites for hydroxylation is 1. The Morgan fingerprint density at radius 3 is 2.89 bits per heavy atom. The molecule has 0 amide bonds. The molecule has 3 N–H and O–H groups in total. The molecule has 1 saturated heterocycles. The van der Waals surface area contributed by atoms with Gasteiger partial charge in [-0.1, -0.05) is 24.3 Å². The second-order valence-electron chi connectivity index (χ2n) is 6.11. The second kappa shape index (κ2) is 4.58. The summed E-state index contributed by atoms with van der Waals surface area (Å²) < 4.78 is 5.61. The summed E-state index contributed by atoms with van der Waals surface area (Å²) in [5, 5.41) is 11.3. The minimum atomic E-state index is -0.730. The van der Waals surface area contributed by atoms with Crippen molar-refractivity contribution < 1.29 is 9.84 Å². The van der Waals surface area contributed by atoms with Gasteiger partial charge >= 0.3 is 0 Å². The topological polar surface area (TPSA) is 55.5 Å². The Bertz CT molecular complexity index is 476. The van der Waals surface area contributed by atoms with Crippen LogP contribution in [0.2, 0.25) is 0 Å². The van der Waals surface area contributed by atoms with Gasteiger partial charge in [-0.15, -0.1) is 0 Å². The molecule has 104 valence electrons. The molecule has 3 nitrogen and oxygen atoms in total. The van der Waals surface area contributed by atoms with E-state index in [1.54, 1.807) is 0 Å². The first kappa shape index (κ1) is 13.1. The van der Waals surface area contributed by atoms with E-state index in [0.29, 0.717) is 26.0 Å². The molecule has 1 fully saturated rings. The first-order chi connectivity index (χ1) is 9.11. The van der Waals surface area contributed by atoms with E-state index in [4.69, 9.17) is 10.5 Å². The Balaban J connectivity index is 2.05. The van der Waals surface area contributed by atoms with Gasteiger partial charge in [0.05, 0.1) is 11.7 Å². The van der Waals surface area contributed by atoms with Gasteiger partial charge in [-0.25, -0.2) is 0 Å². The number of aliphatic hydroxyl groups is 1. The summed E-state index contributed by atoms with van der Waals surface area (Å²) in [7, 11) is 0. The van der Waals surface area contributed by atoms with Gasteiger partial charge in [-0.2, -0.15) is 0 Å². The van der Waals surface area contributed by atoms with Gasteiger partial charge in [0.2, 0.25) is 0 Å². The fraction of sp³-hybridized carbons (Fsp3) is 0.625. The highest BCUT2D eigenvalue weighted by Gasteiger charge is 2.54. The van der Waals surface area contributed by atoms with Crippen molar-refractivity contribution in [1.29, 1.82) is 0 Å². The smallest absolute Gasteiger partial charge is 0.0802 e. The van der Waals surface area contributed by atoms with Crippen molar-refractivity contribution in [3.63, 3.8) is 0 Å². The molecule has 3 atom stereocenters. The molecule has 0 aromatic heterocycles. The number of rotatable bonds is 2. The Morgan fingerprint density at radius 2 is 2.16 bits per heavy atom. The molecule has 0 saturated carbocycles. The molecule has 0 bridgehead atoms. The highest BCUT2D eigenvalue weighted by molar-refractivity contribution is 5.43. The molecule has 19 heavy (non-hydrogen) atoms. The van der Waals surface area contributed by atoms with E-state index in [-0.39, 0.29) is 11.5 Å². The molecule has 3 unspecified atom stereocenters. The standard InChI is InChI=1S/C16H23NO2/c1-12-10-16(18,8-9-19-12)15(11-17)7-6-13-4-2-3-5-14(13)15/h2-5,12,18H,6-11,17H2,1H3. The van der Waals surface area contributed by atoms with Gasteiger partial charge in [0.1, 0.15) is 0 Å². The summed E-state index contributed by atoms with van der Waals surface area (Å²) in [6, 6.07) is 8.44. The van der Waals surface area contributed by atoms with E-state index >= 15 is 0 Å². The third-order valence-corrected chi connectivity index (χ3v) is 5.14. The minimum Gasteiger partial charge on any atom is -0.389 e. The summed E-state index contributed by atoms with van der Waals surface area (Å²) in [5.41, 5.74) is 7.73. The summed E-state index contributed by atoms with van der Waals surface area (Å²) in [6.45, 7) is 3.17. The average Bonchev–Trinajstić information content (AvgIpc) is 2.79. The van der Waals surface area contributed by atoms with Crippen LogP contribution in [-0.2, 0) is 16.6 Å². The zero-order valence-electron chi connectivity index (χ0n) is 11.6. The fourth-order valence-corrected chi connectivity index (χ4v) is 4.07. The van der Waals surface area contributed by atoms with Crippen LogP contribution in [0.1, 0.15) is 37.3 Å². The molecule has 0 spiro atoms. The average molecular weight is 261 g/mol. The van der Waals surface area contributed by atoms with Crippen LogP contribution in [0.25, 0.3) is 0 Å². The van der Waals surface area contributed by atoms with Gasteiger partial charge in [-0.3, -0.25) is 0 Å². The van der Waals surface area contributed by atoms with Crippen LogP contribution in [0.4, 0.5) is 0 Å². The Labute approximate surface area is 114 Å². The van der Waals surface area contributed by atoms with E-state index in [0.717, 1.165) is 12.8 Å². The van der Waals surface area contributed by atoms with Crippen LogP contribution >= 0.6 is 0 Å². The number of benzene rings is 1. The predicted molar refractivity (Wildman–Crippen MR) is 75.1 cm³/mol. The normalized spacial score (nSPS) is 38.2. The van der Waals surface area contributed by atoms with E-state index in [9.17, 15) is 5.11 Å². The van der Waals surface area contributed by atoms with Crippen molar-refractivity contribution in [3.8, 4) is 0 Å². The van der Waals surface area contributed by atoms with Crippen molar-refractivity contribution in [2.75, 3.05) is 13.2 Å². The van der Waals surface area contributed by atoms with Crippen LogP contribution in [-0.4, -0.2) is 30.0 Å². The maximum Gasteiger partial charge on any atom is 0.0802 e. The molecular weight excluding hydrogens is 238 g/mol. The van der Waals surface area contributed by atoms with Crippen LogP contribution < -0.4 is 5.73 Å². The Morgan fingerprint density at radius 1 is 1.37 bits per heavy atom. The lowest BCUT2D eigenvalue weighted by molar-refractivity contribution is -0.136. The third kappa shape index (κ3) is 1.83. The first-order valence-electron chi connectivity index (χ1n) is 7.24. The number of fused-ring (bicyclic) bond motifs is 1. The van der Waals surface area contributed by atoms with Crippen molar-refractivity contribution in [2.24, 2.45) is 5.73 Å². The Hall–Kier alpha value is -0.900. The summed E-state index contributed by atoms with van der Waals surface area (Å²) in [6.07, 6.45) is 3.44. The van der Waals surface area contributed by atoms with E-state index < -0.39 is 5.60 Å². The largest absolute Gasteiger partial charge is 0.389 e. The lowest BCUT2D eigenvalue weighted by atomic mass is 9.63. The van der Waals surface area contributed by atoms with Gasteiger partial charge in [0, 0.05) is 31.4 Å². The monoisotopic (exact) mass is 261 g/mol. The number of nitrogens with two attached hydrogens (primary N) is 1. The van der Waals surface area contributed by atoms with Gasteiger partial charge in [-0.05, 0) is 30.9 Å². The molecule has 2 aliphatic rings. The zero-order chi connectivity index (χ0) is 13.5. The quantitative estimate of drug-likeness (QED) is 0.853. The molecular formula is C16H23NO2. The molecule has 1 aliphatic heterocycles. The molecule has 0 radical (unpaired) electrons. The molecule has 1 aromatic carbocycles. The van der Waals surface area contributed by atoms with Crippen molar-refractivity contribution in [2.45, 2.75) is 49.7 Å².